The highest BCUT2D eigenvalue weighted by atomic mass is 31.1. The molecule has 0 amide bonds. The molecular formula is C16H19OP. The van der Waals surface area contributed by atoms with E-state index in [4.69, 9.17) is 0 Å². The van der Waals surface area contributed by atoms with Gasteiger partial charge >= 0.3 is 0 Å². The van der Waals surface area contributed by atoms with Gasteiger partial charge in [-0.3, -0.25) is 0 Å². The van der Waals surface area contributed by atoms with Crippen LogP contribution >= 0.6 is 7.80 Å². The van der Waals surface area contributed by atoms with Crippen LogP contribution in [-0.4, -0.2) is 0 Å². The molecule has 0 saturated carbocycles. The maximum atomic E-state index is 12.7. The number of aryl methyl sites for hydroxylation is 4. The van der Waals surface area contributed by atoms with Crippen LogP contribution in [0.4, 0.5) is 0 Å². The lowest BCUT2D eigenvalue weighted by atomic mass is 10.2. The van der Waals surface area contributed by atoms with Gasteiger partial charge in [0.15, 0.2) is 0 Å². The summed E-state index contributed by atoms with van der Waals surface area (Å²) < 4.78 is 12.7. The molecule has 0 aliphatic rings. The Morgan fingerprint density at radius 2 is 1.11 bits per heavy atom. The molecule has 0 radical (unpaired) electrons. The largest absolute Gasteiger partial charge is 0.317 e. The Balaban J connectivity index is 2.48. The summed E-state index contributed by atoms with van der Waals surface area (Å²) >= 11 is 0. The fourth-order valence-electron chi connectivity index (χ4n) is 2.28. The van der Waals surface area contributed by atoms with E-state index in [1.807, 2.05) is 38.1 Å². The third kappa shape index (κ3) is 2.57. The van der Waals surface area contributed by atoms with Gasteiger partial charge in [-0.15, -0.1) is 0 Å². The average Bonchev–Trinajstić information content (AvgIpc) is 2.28. The summed E-state index contributed by atoms with van der Waals surface area (Å²) in [4.78, 5) is 0. The minimum atomic E-state index is -1.89. The summed E-state index contributed by atoms with van der Waals surface area (Å²) in [6, 6.07) is 12.3. The van der Waals surface area contributed by atoms with Gasteiger partial charge in [0.05, 0.1) is 0 Å². The molecule has 1 nitrogen and oxygen atoms in total. The molecule has 0 fully saturated rings. The zero-order chi connectivity index (χ0) is 13.3. The number of hydrogen-bond acceptors (Lipinski definition) is 1. The first kappa shape index (κ1) is 13.1. The summed E-state index contributed by atoms with van der Waals surface area (Å²) in [6.45, 7) is 8.19. The first-order valence-corrected chi connectivity index (χ1v) is 7.59. The van der Waals surface area contributed by atoms with Crippen molar-refractivity contribution in [2.24, 2.45) is 0 Å². The lowest BCUT2D eigenvalue weighted by Crippen LogP contribution is -2.12. The van der Waals surface area contributed by atoms with E-state index in [1.165, 1.54) is 11.1 Å². The van der Waals surface area contributed by atoms with Crippen LogP contribution < -0.4 is 10.6 Å². The number of rotatable bonds is 2. The molecule has 0 N–H and O–H groups in total. The van der Waals surface area contributed by atoms with Gasteiger partial charge in [-0.2, -0.15) is 0 Å². The summed E-state index contributed by atoms with van der Waals surface area (Å²) in [5.41, 5.74) is 4.68. The standard InChI is InChI=1S/C16H19OP/c1-11-5-7-15(13(3)9-11)18(17)16-8-6-12(2)10-14(16)4/h5-10,18H,1-4H3. The zero-order valence-electron chi connectivity index (χ0n) is 11.4. The van der Waals surface area contributed by atoms with Gasteiger partial charge in [0, 0.05) is 10.6 Å². The molecule has 0 aromatic heterocycles. The van der Waals surface area contributed by atoms with E-state index in [0.717, 1.165) is 21.7 Å². The Morgan fingerprint density at radius 1 is 0.722 bits per heavy atom. The molecule has 2 aromatic rings. The van der Waals surface area contributed by atoms with Crippen molar-refractivity contribution >= 4 is 18.4 Å². The Hall–Kier alpha value is -1.33. The molecule has 2 heteroatoms. The average molecular weight is 258 g/mol. The normalized spacial score (nSPS) is 10.9. The van der Waals surface area contributed by atoms with Crippen molar-refractivity contribution in [3.63, 3.8) is 0 Å². The van der Waals surface area contributed by atoms with Crippen molar-refractivity contribution in [3.05, 3.63) is 58.7 Å². The van der Waals surface area contributed by atoms with Crippen molar-refractivity contribution < 1.29 is 4.57 Å². The van der Waals surface area contributed by atoms with Crippen LogP contribution in [0.3, 0.4) is 0 Å². The molecule has 18 heavy (non-hydrogen) atoms. The lowest BCUT2D eigenvalue weighted by molar-refractivity contribution is 0.598. The molecule has 0 aliphatic carbocycles. The van der Waals surface area contributed by atoms with Crippen LogP contribution in [0.25, 0.3) is 0 Å². The van der Waals surface area contributed by atoms with E-state index >= 15 is 0 Å². The summed E-state index contributed by atoms with van der Waals surface area (Å²) in [7, 11) is -1.89. The predicted octanol–water partition coefficient (Wildman–Crippen LogP) is 3.43. The molecule has 0 bridgehead atoms. The van der Waals surface area contributed by atoms with Crippen LogP contribution in [0.5, 0.6) is 0 Å². The van der Waals surface area contributed by atoms with Crippen LogP contribution in [0.1, 0.15) is 22.3 Å². The molecule has 0 atom stereocenters. The van der Waals surface area contributed by atoms with Crippen molar-refractivity contribution in [2.75, 3.05) is 0 Å². The van der Waals surface area contributed by atoms with Crippen molar-refractivity contribution in [1.29, 1.82) is 0 Å². The first-order chi connectivity index (χ1) is 8.49. The fraction of sp³-hybridized carbons (Fsp3) is 0.250. The number of benzene rings is 2. The molecule has 0 aliphatic heterocycles. The van der Waals surface area contributed by atoms with Gasteiger partial charge < -0.3 is 4.57 Å². The molecule has 0 spiro atoms. The van der Waals surface area contributed by atoms with Crippen LogP contribution in [0.15, 0.2) is 36.4 Å². The van der Waals surface area contributed by atoms with Crippen molar-refractivity contribution in [2.45, 2.75) is 27.7 Å². The van der Waals surface area contributed by atoms with E-state index in [1.54, 1.807) is 0 Å². The van der Waals surface area contributed by atoms with Gasteiger partial charge in [0.25, 0.3) is 0 Å². The SMILES string of the molecule is Cc1ccc([PH](=O)c2ccc(C)cc2C)c(C)c1. The van der Waals surface area contributed by atoms with Crippen LogP contribution in [0.2, 0.25) is 0 Å². The van der Waals surface area contributed by atoms with Crippen LogP contribution in [-0.2, 0) is 4.57 Å². The Morgan fingerprint density at radius 3 is 1.44 bits per heavy atom. The second-order valence-corrected chi connectivity index (χ2v) is 6.70. The smallest absolute Gasteiger partial charge is 0.132 e. The van der Waals surface area contributed by atoms with E-state index in [0.29, 0.717) is 0 Å². The van der Waals surface area contributed by atoms with Crippen molar-refractivity contribution in [1.82, 2.24) is 0 Å². The predicted molar refractivity (Wildman–Crippen MR) is 80.1 cm³/mol. The van der Waals surface area contributed by atoms with Gasteiger partial charge in [-0.1, -0.05) is 47.5 Å². The summed E-state index contributed by atoms with van der Waals surface area (Å²) in [5.74, 6) is 0. The van der Waals surface area contributed by atoms with Gasteiger partial charge in [0.1, 0.15) is 7.80 Å². The number of hydrogen-bond donors (Lipinski definition) is 0. The molecule has 2 aromatic carbocycles. The molecule has 2 rings (SSSR count). The highest BCUT2D eigenvalue weighted by Gasteiger charge is 2.11. The van der Waals surface area contributed by atoms with Crippen molar-refractivity contribution in [3.8, 4) is 0 Å². The molecular weight excluding hydrogens is 239 g/mol. The lowest BCUT2D eigenvalue weighted by Gasteiger charge is -2.10. The van der Waals surface area contributed by atoms with E-state index < -0.39 is 7.80 Å². The minimum absolute atomic E-state index is 0.984. The molecule has 0 heterocycles. The second-order valence-electron chi connectivity index (χ2n) is 4.97. The van der Waals surface area contributed by atoms with Gasteiger partial charge in [-0.05, 0) is 38.8 Å². The topological polar surface area (TPSA) is 17.1 Å². The Bertz CT molecular complexity index is 561. The van der Waals surface area contributed by atoms with Gasteiger partial charge in [-0.25, -0.2) is 0 Å². The summed E-state index contributed by atoms with van der Waals surface area (Å²) in [5, 5.41) is 1.97. The molecule has 94 valence electrons. The molecule has 0 saturated heterocycles. The minimum Gasteiger partial charge on any atom is -0.317 e. The molecule has 0 unspecified atom stereocenters. The Kier molecular flexibility index (Phi) is 3.73. The second kappa shape index (κ2) is 5.12. The summed E-state index contributed by atoms with van der Waals surface area (Å²) in [6.07, 6.45) is 0. The van der Waals surface area contributed by atoms with E-state index in [9.17, 15) is 4.57 Å². The highest BCUT2D eigenvalue weighted by molar-refractivity contribution is 7.61. The monoisotopic (exact) mass is 258 g/mol. The van der Waals surface area contributed by atoms with E-state index in [2.05, 4.69) is 26.0 Å². The van der Waals surface area contributed by atoms with Crippen LogP contribution in [0, 0.1) is 27.7 Å². The maximum absolute atomic E-state index is 12.7. The first-order valence-electron chi connectivity index (χ1n) is 6.18. The Labute approximate surface area is 110 Å². The van der Waals surface area contributed by atoms with Gasteiger partial charge in [0.2, 0.25) is 0 Å². The third-order valence-corrected chi connectivity index (χ3v) is 5.35. The third-order valence-electron chi connectivity index (χ3n) is 3.25. The zero-order valence-corrected chi connectivity index (χ0v) is 12.4. The highest BCUT2D eigenvalue weighted by Crippen LogP contribution is 2.24. The maximum Gasteiger partial charge on any atom is 0.132 e. The fourth-order valence-corrected chi connectivity index (χ4v) is 3.90. The quantitative estimate of drug-likeness (QED) is 0.754. The van der Waals surface area contributed by atoms with E-state index in [-0.39, 0.29) is 0 Å².